The molecule has 0 saturated carbocycles. The number of nitrogens with zero attached hydrogens (tertiary/aromatic N) is 5. The lowest BCUT2D eigenvalue weighted by molar-refractivity contribution is -0.385. The number of piperazine rings is 1. The molecule has 152 valence electrons. The topological polar surface area (TPSA) is 75.4 Å². The average Bonchev–Trinajstić information content (AvgIpc) is 3.13. The van der Waals surface area contributed by atoms with Crippen molar-refractivity contribution < 1.29 is 4.92 Å². The van der Waals surface area contributed by atoms with E-state index in [2.05, 4.69) is 26.8 Å². The number of nitro groups is 1. The summed E-state index contributed by atoms with van der Waals surface area (Å²) in [5, 5.41) is 11.3. The Hall–Kier alpha value is -2.07. The van der Waals surface area contributed by atoms with E-state index < -0.39 is 0 Å². The number of hydrogen-bond donors (Lipinski definition) is 0. The molecular formula is C20H23N5O2S2. The van der Waals surface area contributed by atoms with Crippen LogP contribution < -0.4 is 0 Å². The zero-order chi connectivity index (χ0) is 20.2. The second-order valence-corrected chi connectivity index (χ2v) is 9.47. The molecule has 0 aliphatic carbocycles. The molecule has 0 atom stereocenters. The summed E-state index contributed by atoms with van der Waals surface area (Å²) in [6.45, 7) is 5.40. The number of pyridine rings is 1. The highest BCUT2D eigenvalue weighted by atomic mass is 32.2. The van der Waals surface area contributed by atoms with Crippen LogP contribution in [0.4, 0.5) is 5.69 Å². The second-order valence-electron chi connectivity index (χ2n) is 7.21. The molecule has 0 spiro atoms. The van der Waals surface area contributed by atoms with Crippen LogP contribution in [0.25, 0.3) is 10.3 Å². The molecule has 1 aliphatic rings. The summed E-state index contributed by atoms with van der Waals surface area (Å²) in [7, 11) is 2.15. The van der Waals surface area contributed by atoms with E-state index in [1.807, 2.05) is 18.2 Å². The first-order chi connectivity index (χ1) is 14.1. The predicted octanol–water partition coefficient (Wildman–Crippen LogP) is 3.93. The SMILES string of the molecule is CN1CCN(CCCc2cc([N+](=O)[O-])ccc2Sc2nc3cccnc3s2)CC1. The predicted molar refractivity (Wildman–Crippen MR) is 117 cm³/mol. The normalized spacial score (nSPS) is 15.8. The van der Waals surface area contributed by atoms with E-state index >= 15 is 0 Å². The molecule has 1 saturated heterocycles. The number of thiazole rings is 1. The Kier molecular flexibility index (Phi) is 6.39. The molecule has 1 aliphatic heterocycles. The standard InChI is InChI=1S/C20H23N5O2S2/c1-23-10-12-24(13-11-23)9-3-4-15-14-16(25(26)27)6-7-18(15)28-20-22-17-5-2-8-21-19(17)29-20/h2,5-8,14H,3-4,9-13H2,1H3. The Morgan fingerprint density at radius 2 is 2.07 bits per heavy atom. The van der Waals surface area contributed by atoms with E-state index in [9.17, 15) is 10.1 Å². The van der Waals surface area contributed by atoms with Crippen molar-refractivity contribution in [2.45, 2.75) is 22.1 Å². The molecule has 0 unspecified atom stereocenters. The number of rotatable bonds is 7. The van der Waals surface area contributed by atoms with E-state index in [0.29, 0.717) is 0 Å². The van der Waals surface area contributed by atoms with Crippen molar-refractivity contribution in [2.75, 3.05) is 39.8 Å². The molecule has 9 heteroatoms. The lowest BCUT2D eigenvalue weighted by Gasteiger charge is -2.32. The van der Waals surface area contributed by atoms with Crippen LogP contribution in [0.15, 0.2) is 45.8 Å². The Morgan fingerprint density at radius 1 is 1.24 bits per heavy atom. The summed E-state index contributed by atoms with van der Waals surface area (Å²) < 4.78 is 0.910. The van der Waals surface area contributed by atoms with Gasteiger partial charge in [0.05, 0.1) is 4.92 Å². The highest BCUT2D eigenvalue weighted by Crippen LogP contribution is 2.36. The van der Waals surface area contributed by atoms with Crippen LogP contribution in [-0.4, -0.2) is 64.5 Å². The van der Waals surface area contributed by atoms with Crippen LogP contribution in [0, 0.1) is 10.1 Å². The van der Waals surface area contributed by atoms with E-state index in [0.717, 1.165) is 70.7 Å². The number of fused-ring (bicyclic) bond motifs is 1. The van der Waals surface area contributed by atoms with Gasteiger partial charge in [0.25, 0.3) is 5.69 Å². The molecule has 3 heterocycles. The zero-order valence-corrected chi connectivity index (χ0v) is 17.9. The maximum Gasteiger partial charge on any atom is 0.269 e. The van der Waals surface area contributed by atoms with Gasteiger partial charge in [0.15, 0.2) is 4.34 Å². The van der Waals surface area contributed by atoms with Crippen LogP contribution >= 0.6 is 23.1 Å². The fraction of sp³-hybridized carbons (Fsp3) is 0.400. The molecule has 2 aromatic heterocycles. The molecule has 1 fully saturated rings. The van der Waals surface area contributed by atoms with Gasteiger partial charge in [-0.1, -0.05) is 23.1 Å². The first-order valence-corrected chi connectivity index (χ1v) is 11.3. The Labute approximate surface area is 177 Å². The molecule has 0 N–H and O–H groups in total. The van der Waals surface area contributed by atoms with Gasteiger partial charge < -0.3 is 9.80 Å². The van der Waals surface area contributed by atoms with Crippen LogP contribution in [0.3, 0.4) is 0 Å². The first kappa shape index (κ1) is 20.2. The summed E-state index contributed by atoms with van der Waals surface area (Å²) in [5.41, 5.74) is 2.05. The van der Waals surface area contributed by atoms with Crippen molar-refractivity contribution in [3.8, 4) is 0 Å². The van der Waals surface area contributed by atoms with Crippen LogP contribution in [0.2, 0.25) is 0 Å². The van der Waals surface area contributed by atoms with Crippen molar-refractivity contribution >= 4 is 39.1 Å². The van der Waals surface area contributed by atoms with Gasteiger partial charge in [-0.3, -0.25) is 10.1 Å². The lowest BCUT2D eigenvalue weighted by Crippen LogP contribution is -2.44. The van der Waals surface area contributed by atoms with Gasteiger partial charge in [-0.2, -0.15) is 0 Å². The zero-order valence-electron chi connectivity index (χ0n) is 16.3. The first-order valence-electron chi connectivity index (χ1n) is 9.66. The number of benzene rings is 1. The quantitative estimate of drug-likeness (QED) is 0.416. The average molecular weight is 430 g/mol. The third kappa shape index (κ3) is 5.11. The number of aromatic nitrogens is 2. The number of non-ortho nitro benzene ring substituents is 1. The van der Waals surface area contributed by atoms with Gasteiger partial charge in [0, 0.05) is 49.4 Å². The van der Waals surface area contributed by atoms with Crippen molar-refractivity contribution in [1.29, 1.82) is 0 Å². The summed E-state index contributed by atoms with van der Waals surface area (Å²) in [4.78, 5) is 26.7. The number of hydrogen-bond acceptors (Lipinski definition) is 8. The minimum absolute atomic E-state index is 0.148. The molecule has 0 amide bonds. The van der Waals surface area contributed by atoms with Crippen LogP contribution in [0.5, 0.6) is 0 Å². The Bertz CT molecular complexity index is 968. The van der Waals surface area contributed by atoms with Crippen molar-refractivity contribution in [1.82, 2.24) is 19.8 Å². The van der Waals surface area contributed by atoms with Crippen LogP contribution in [-0.2, 0) is 6.42 Å². The Morgan fingerprint density at radius 3 is 2.83 bits per heavy atom. The highest BCUT2D eigenvalue weighted by molar-refractivity contribution is 8.01. The molecule has 29 heavy (non-hydrogen) atoms. The largest absolute Gasteiger partial charge is 0.304 e. The number of aryl methyl sites for hydroxylation is 1. The molecule has 4 rings (SSSR count). The summed E-state index contributed by atoms with van der Waals surface area (Å²) in [6.07, 6.45) is 3.57. The molecule has 7 nitrogen and oxygen atoms in total. The van der Waals surface area contributed by atoms with Crippen molar-refractivity contribution in [3.05, 3.63) is 52.2 Å². The van der Waals surface area contributed by atoms with Gasteiger partial charge in [-0.05, 0) is 50.2 Å². The summed E-state index contributed by atoms with van der Waals surface area (Å²) in [5.74, 6) is 0. The molecular weight excluding hydrogens is 406 g/mol. The van der Waals surface area contributed by atoms with Gasteiger partial charge >= 0.3 is 0 Å². The van der Waals surface area contributed by atoms with E-state index in [1.54, 1.807) is 41.4 Å². The van der Waals surface area contributed by atoms with Gasteiger partial charge in [-0.25, -0.2) is 9.97 Å². The van der Waals surface area contributed by atoms with Crippen LogP contribution in [0.1, 0.15) is 12.0 Å². The van der Waals surface area contributed by atoms with Gasteiger partial charge in [-0.15, -0.1) is 0 Å². The fourth-order valence-corrected chi connectivity index (χ4v) is 5.50. The van der Waals surface area contributed by atoms with E-state index in [-0.39, 0.29) is 10.6 Å². The summed E-state index contributed by atoms with van der Waals surface area (Å²) >= 11 is 3.12. The van der Waals surface area contributed by atoms with Gasteiger partial charge in [0.1, 0.15) is 10.3 Å². The maximum absolute atomic E-state index is 11.3. The van der Waals surface area contributed by atoms with Gasteiger partial charge in [0.2, 0.25) is 0 Å². The molecule has 0 radical (unpaired) electrons. The van der Waals surface area contributed by atoms with E-state index in [4.69, 9.17) is 0 Å². The number of likely N-dealkylation sites (N-methyl/N-ethyl adjacent to an activating group) is 1. The lowest BCUT2D eigenvalue weighted by atomic mass is 10.1. The number of nitro benzene ring substituents is 1. The van der Waals surface area contributed by atoms with Crippen molar-refractivity contribution in [2.24, 2.45) is 0 Å². The second kappa shape index (κ2) is 9.17. The minimum Gasteiger partial charge on any atom is -0.304 e. The molecule has 3 aromatic rings. The Balaban J connectivity index is 1.48. The highest BCUT2D eigenvalue weighted by Gasteiger charge is 2.16. The molecule has 1 aromatic carbocycles. The third-order valence-electron chi connectivity index (χ3n) is 5.12. The summed E-state index contributed by atoms with van der Waals surface area (Å²) in [6, 6.07) is 8.99. The minimum atomic E-state index is -0.319. The third-order valence-corrected chi connectivity index (χ3v) is 7.27. The van der Waals surface area contributed by atoms with Crippen molar-refractivity contribution in [3.63, 3.8) is 0 Å². The fourth-order valence-electron chi connectivity index (χ4n) is 3.43. The molecule has 0 bridgehead atoms. The smallest absolute Gasteiger partial charge is 0.269 e. The monoisotopic (exact) mass is 429 g/mol. The maximum atomic E-state index is 11.3. The van der Waals surface area contributed by atoms with E-state index in [1.165, 1.54) is 0 Å².